The van der Waals surface area contributed by atoms with Crippen LogP contribution in [0.15, 0.2) is 18.2 Å². The summed E-state index contributed by atoms with van der Waals surface area (Å²) in [6.45, 7) is 0.693. The van der Waals surface area contributed by atoms with Crippen LogP contribution in [0.1, 0.15) is 24.8 Å². The Kier molecular flexibility index (Phi) is 4.13. The first-order chi connectivity index (χ1) is 8.15. The zero-order chi connectivity index (χ0) is 12.3. The summed E-state index contributed by atoms with van der Waals surface area (Å²) in [5.41, 5.74) is 0.422. The van der Waals surface area contributed by atoms with Crippen molar-refractivity contribution in [2.24, 2.45) is 0 Å². The van der Waals surface area contributed by atoms with Crippen LogP contribution in [0.4, 0.5) is 4.39 Å². The van der Waals surface area contributed by atoms with E-state index in [1.54, 1.807) is 12.1 Å². The highest BCUT2D eigenvalue weighted by Gasteiger charge is 2.20. The highest BCUT2D eigenvalue weighted by molar-refractivity contribution is 6.30. The Hall–Kier alpha value is -0.930. The molecule has 1 saturated carbocycles. The first-order valence-electron chi connectivity index (χ1n) is 5.84. The zero-order valence-electron chi connectivity index (χ0n) is 9.51. The molecule has 0 aliphatic heterocycles. The third-order valence-electron chi connectivity index (χ3n) is 2.82. The second kappa shape index (κ2) is 5.61. The number of halogens is 2. The molecule has 0 unspecified atom stereocenters. The molecule has 2 nitrogen and oxygen atoms in total. The molecule has 0 spiro atoms. The van der Waals surface area contributed by atoms with Gasteiger partial charge in [-0.1, -0.05) is 17.7 Å². The maximum atomic E-state index is 13.4. The van der Waals surface area contributed by atoms with Crippen LogP contribution in [0, 0.1) is 5.82 Å². The highest BCUT2D eigenvalue weighted by Crippen LogP contribution is 2.18. The van der Waals surface area contributed by atoms with Gasteiger partial charge in [-0.2, -0.15) is 0 Å². The van der Waals surface area contributed by atoms with Crippen LogP contribution in [0.5, 0.6) is 0 Å². The van der Waals surface area contributed by atoms with Gasteiger partial charge in [-0.25, -0.2) is 4.39 Å². The van der Waals surface area contributed by atoms with Gasteiger partial charge in [-0.15, -0.1) is 0 Å². The molecule has 1 aliphatic rings. The van der Waals surface area contributed by atoms with E-state index >= 15 is 0 Å². The van der Waals surface area contributed by atoms with E-state index in [2.05, 4.69) is 5.32 Å². The molecule has 0 amide bonds. The number of carbonyl (C=O) groups excluding carboxylic acids is 1. The van der Waals surface area contributed by atoms with Gasteiger partial charge in [0.15, 0.2) is 0 Å². The monoisotopic (exact) mass is 255 g/mol. The number of benzene rings is 1. The van der Waals surface area contributed by atoms with Gasteiger partial charge in [0.2, 0.25) is 0 Å². The van der Waals surface area contributed by atoms with Crippen LogP contribution in [0.25, 0.3) is 0 Å². The molecule has 0 radical (unpaired) electrons. The Balaban J connectivity index is 1.79. The van der Waals surface area contributed by atoms with Crippen molar-refractivity contribution in [2.45, 2.75) is 31.7 Å². The fraction of sp³-hybridized carbons (Fsp3) is 0.462. The summed E-state index contributed by atoms with van der Waals surface area (Å²) in [4.78, 5) is 11.6. The molecule has 0 atom stereocenters. The predicted molar refractivity (Wildman–Crippen MR) is 65.8 cm³/mol. The molecule has 0 saturated heterocycles. The lowest BCUT2D eigenvalue weighted by atomic mass is 10.1. The summed E-state index contributed by atoms with van der Waals surface area (Å²) in [5.74, 6) is -0.347. The summed E-state index contributed by atoms with van der Waals surface area (Å²) in [7, 11) is 0. The molecule has 1 fully saturated rings. The molecule has 1 N–H and O–H groups in total. The number of Topliss-reactive ketones (excluding diaryl/α,β-unsaturated/α-hetero) is 1. The third-order valence-corrected chi connectivity index (χ3v) is 3.05. The number of hydrogen-bond acceptors (Lipinski definition) is 2. The van der Waals surface area contributed by atoms with E-state index in [0.717, 1.165) is 0 Å². The van der Waals surface area contributed by atoms with Crippen molar-refractivity contribution in [3.8, 4) is 0 Å². The first-order valence-corrected chi connectivity index (χ1v) is 6.22. The van der Waals surface area contributed by atoms with Gasteiger partial charge >= 0.3 is 0 Å². The van der Waals surface area contributed by atoms with Crippen molar-refractivity contribution in [1.82, 2.24) is 5.32 Å². The molecular weight excluding hydrogens is 241 g/mol. The summed E-state index contributed by atoms with van der Waals surface area (Å²) >= 11 is 5.64. The van der Waals surface area contributed by atoms with Crippen LogP contribution >= 0.6 is 11.6 Å². The van der Waals surface area contributed by atoms with E-state index in [0.29, 0.717) is 29.6 Å². The highest BCUT2D eigenvalue weighted by atomic mass is 35.5. The lowest BCUT2D eigenvalue weighted by Gasteiger charge is -2.04. The SMILES string of the molecule is O=C(CCNC1CC1)Cc1ccc(Cl)cc1F. The minimum absolute atomic E-state index is 0.0550. The molecule has 92 valence electrons. The minimum Gasteiger partial charge on any atom is -0.314 e. The summed E-state index contributed by atoms with van der Waals surface area (Å²) in [5, 5.41) is 3.62. The Morgan fingerprint density at radius 2 is 2.24 bits per heavy atom. The Morgan fingerprint density at radius 1 is 1.47 bits per heavy atom. The van der Waals surface area contributed by atoms with E-state index in [-0.39, 0.29) is 12.2 Å². The van der Waals surface area contributed by atoms with Crippen LogP contribution in [-0.4, -0.2) is 18.4 Å². The largest absolute Gasteiger partial charge is 0.314 e. The van der Waals surface area contributed by atoms with E-state index in [1.807, 2.05) is 0 Å². The molecule has 1 aromatic rings. The number of carbonyl (C=O) groups is 1. The smallest absolute Gasteiger partial charge is 0.138 e. The molecule has 1 aliphatic carbocycles. The van der Waals surface area contributed by atoms with E-state index < -0.39 is 5.82 Å². The van der Waals surface area contributed by atoms with Gasteiger partial charge in [0.25, 0.3) is 0 Å². The lowest BCUT2D eigenvalue weighted by Crippen LogP contribution is -2.21. The number of rotatable bonds is 6. The summed E-state index contributed by atoms with van der Waals surface area (Å²) in [6, 6.07) is 5.03. The normalized spacial score (nSPS) is 14.9. The average Bonchev–Trinajstić information content (AvgIpc) is 3.06. The van der Waals surface area contributed by atoms with Crippen molar-refractivity contribution in [2.75, 3.05) is 6.54 Å². The van der Waals surface area contributed by atoms with Crippen molar-refractivity contribution >= 4 is 17.4 Å². The predicted octanol–water partition coefficient (Wildman–Crippen LogP) is 2.73. The van der Waals surface area contributed by atoms with Crippen molar-refractivity contribution in [3.05, 3.63) is 34.6 Å². The van der Waals surface area contributed by atoms with E-state index in [9.17, 15) is 9.18 Å². The maximum Gasteiger partial charge on any atom is 0.138 e. The van der Waals surface area contributed by atoms with Crippen molar-refractivity contribution in [1.29, 1.82) is 0 Å². The quantitative estimate of drug-likeness (QED) is 0.847. The summed E-state index contributed by atoms with van der Waals surface area (Å²) < 4.78 is 13.4. The second-order valence-electron chi connectivity index (χ2n) is 4.43. The van der Waals surface area contributed by atoms with Crippen molar-refractivity contribution in [3.63, 3.8) is 0 Å². The first kappa shape index (κ1) is 12.5. The van der Waals surface area contributed by atoms with Crippen molar-refractivity contribution < 1.29 is 9.18 Å². The maximum absolute atomic E-state index is 13.4. The van der Waals surface area contributed by atoms with Gasteiger partial charge in [-0.05, 0) is 30.5 Å². The topological polar surface area (TPSA) is 29.1 Å². The average molecular weight is 256 g/mol. The molecule has 0 aromatic heterocycles. The van der Waals surface area contributed by atoms with E-state index in [4.69, 9.17) is 11.6 Å². The number of hydrogen-bond donors (Lipinski definition) is 1. The fourth-order valence-corrected chi connectivity index (χ4v) is 1.83. The zero-order valence-corrected chi connectivity index (χ0v) is 10.3. The fourth-order valence-electron chi connectivity index (χ4n) is 1.67. The van der Waals surface area contributed by atoms with E-state index in [1.165, 1.54) is 18.9 Å². The van der Waals surface area contributed by atoms with Crippen LogP contribution < -0.4 is 5.32 Å². The molecular formula is C13H15ClFNO. The van der Waals surface area contributed by atoms with Crippen LogP contribution in [-0.2, 0) is 11.2 Å². The molecule has 17 heavy (non-hydrogen) atoms. The second-order valence-corrected chi connectivity index (χ2v) is 4.87. The Labute approximate surface area is 105 Å². The third kappa shape index (κ3) is 4.10. The molecule has 4 heteroatoms. The van der Waals surface area contributed by atoms with Gasteiger partial charge < -0.3 is 5.32 Å². The molecule has 0 bridgehead atoms. The number of ketones is 1. The van der Waals surface area contributed by atoms with Crippen LogP contribution in [0.2, 0.25) is 5.02 Å². The molecule has 1 aromatic carbocycles. The minimum atomic E-state index is -0.402. The standard InChI is InChI=1S/C13H15ClFNO/c14-10-2-1-9(13(15)8-10)7-12(17)5-6-16-11-3-4-11/h1-2,8,11,16H,3-7H2. The van der Waals surface area contributed by atoms with Gasteiger partial charge in [0.05, 0.1) is 0 Å². The Bertz CT molecular complexity index is 418. The molecule has 2 rings (SSSR count). The molecule has 0 heterocycles. The summed E-state index contributed by atoms with van der Waals surface area (Å²) in [6.07, 6.45) is 3.02. The Morgan fingerprint density at radius 3 is 2.88 bits per heavy atom. The van der Waals surface area contributed by atoms with Gasteiger partial charge in [0, 0.05) is 30.5 Å². The van der Waals surface area contributed by atoms with Crippen LogP contribution in [0.3, 0.4) is 0 Å². The van der Waals surface area contributed by atoms with Gasteiger partial charge in [-0.3, -0.25) is 4.79 Å². The lowest BCUT2D eigenvalue weighted by molar-refractivity contribution is -0.118. The van der Waals surface area contributed by atoms with Gasteiger partial charge in [0.1, 0.15) is 11.6 Å². The number of nitrogens with one attached hydrogen (secondary N) is 1.